The first-order chi connectivity index (χ1) is 11.3. The third-order valence-electron chi connectivity index (χ3n) is 4.72. The molecule has 1 amide bonds. The summed E-state index contributed by atoms with van der Waals surface area (Å²) in [6.45, 7) is 2.04. The van der Waals surface area contributed by atoms with E-state index in [1.807, 2.05) is 18.2 Å². The van der Waals surface area contributed by atoms with Crippen LogP contribution >= 0.6 is 0 Å². The van der Waals surface area contributed by atoms with Crippen LogP contribution in [0.25, 0.3) is 0 Å². The van der Waals surface area contributed by atoms with Crippen LogP contribution in [-0.4, -0.2) is 38.0 Å². The summed E-state index contributed by atoms with van der Waals surface area (Å²) in [5.74, 6) is 1.79. The van der Waals surface area contributed by atoms with E-state index in [0.717, 1.165) is 43.0 Å². The molecule has 7 nitrogen and oxygen atoms in total. The van der Waals surface area contributed by atoms with E-state index in [1.165, 1.54) is 0 Å². The molecule has 3 atom stereocenters. The number of hydrogen-bond donors (Lipinski definition) is 4. The molecule has 4 rings (SSSR count). The topological polar surface area (TPSA) is 83.7 Å². The molecule has 4 N–H and O–H groups in total. The average Bonchev–Trinajstić information content (AvgIpc) is 3.27. The van der Waals surface area contributed by atoms with E-state index >= 15 is 0 Å². The zero-order valence-corrected chi connectivity index (χ0v) is 12.9. The van der Waals surface area contributed by atoms with Crippen molar-refractivity contribution in [1.82, 2.24) is 21.5 Å². The first-order valence-corrected chi connectivity index (χ1v) is 8.20. The standard InChI is InChI=1S/C16H22N4O3/c21-15(7-11-2-1-5-17-11)19-16-12(8-18-20-16)10-3-4-13-14(6-10)23-9-22-13/h3-4,6,11-12,16-18,20H,1-2,5,7-9H2,(H,19,21). The molecule has 0 aromatic heterocycles. The maximum absolute atomic E-state index is 12.3. The number of carbonyl (C=O) groups excluding carboxylic acids is 1. The number of ether oxygens (including phenoxy) is 2. The van der Waals surface area contributed by atoms with Crippen molar-refractivity contribution in [1.29, 1.82) is 0 Å². The van der Waals surface area contributed by atoms with Gasteiger partial charge in [-0.2, -0.15) is 0 Å². The molecule has 7 heteroatoms. The number of fused-ring (bicyclic) bond motifs is 1. The van der Waals surface area contributed by atoms with E-state index in [-0.39, 0.29) is 24.8 Å². The summed E-state index contributed by atoms with van der Waals surface area (Å²) in [6.07, 6.45) is 2.65. The van der Waals surface area contributed by atoms with Crippen LogP contribution in [0.1, 0.15) is 30.7 Å². The molecule has 0 bridgehead atoms. The highest BCUT2D eigenvalue weighted by Gasteiger charge is 2.31. The maximum atomic E-state index is 12.3. The van der Waals surface area contributed by atoms with Gasteiger partial charge in [0.1, 0.15) is 6.17 Å². The van der Waals surface area contributed by atoms with Crippen LogP contribution in [0.3, 0.4) is 0 Å². The van der Waals surface area contributed by atoms with Gasteiger partial charge in [-0.3, -0.25) is 10.2 Å². The molecule has 2 saturated heterocycles. The van der Waals surface area contributed by atoms with Gasteiger partial charge in [0.05, 0.1) is 0 Å². The summed E-state index contributed by atoms with van der Waals surface area (Å²) in [4.78, 5) is 12.3. The number of nitrogens with one attached hydrogen (secondary N) is 4. The fourth-order valence-electron chi connectivity index (χ4n) is 3.48. The van der Waals surface area contributed by atoms with Crippen LogP contribution in [0.15, 0.2) is 18.2 Å². The molecule has 3 heterocycles. The van der Waals surface area contributed by atoms with Gasteiger partial charge in [0.15, 0.2) is 11.5 Å². The first kappa shape index (κ1) is 14.7. The van der Waals surface area contributed by atoms with Gasteiger partial charge in [0, 0.05) is 24.9 Å². The van der Waals surface area contributed by atoms with Crippen LogP contribution in [0.2, 0.25) is 0 Å². The second-order valence-corrected chi connectivity index (χ2v) is 6.29. The van der Waals surface area contributed by atoms with Gasteiger partial charge in [0.2, 0.25) is 12.7 Å². The molecule has 124 valence electrons. The number of rotatable bonds is 4. The fraction of sp³-hybridized carbons (Fsp3) is 0.562. The van der Waals surface area contributed by atoms with E-state index < -0.39 is 0 Å². The molecule has 3 aliphatic heterocycles. The second kappa shape index (κ2) is 6.35. The highest BCUT2D eigenvalue weighted by Crippen LogP contribution is 2.35. The molecule has 0 radical (unpaired) electrons. The van der Waals surface area contributed by atoms with E-state index in [9.17, 15) is 4.79 Å². The van der Waals surface area contributed by atoms with E-state index in [0.29, 0.717) is 12.5 Å². The molecule has 0 aliphatic carbocycles. The molecule has 3 unspecified atom stereocenters. The lowest BCUT2D eigenvalue weighted by Gasteiger charge is -2.21. The maximum Gasteiger partial charge on any atom is 0.231 e. The molecule has 1 aromatic carbocycles. The van der Waals surface area contributed by atoms with Crippen LogP contribution in [0, 0.1) is 0 Å². The Kier molecular flexibility index (Phi) is 4.07. The van der Waals surface area contributed by atoms with Crippen molar-refractivity contribution in [3.8, 4) is 11.5 Å². The zero-order chi connectivity index (χ0) is 15.6. The third-order valence-corrected chi connectivity index (χ3v) is 4.72. The molecular weight excluding hydrogens is 296 g/mol. The molecule has 0 spiro atoms. The Balaban J connectivity index is 1.41. The van der Waals surface area contributed by atoms with Crippen LogP contribution in [0.5, 0.6) is 11.5 Å². The Morgan fingerprint density at radius 2 is 2.22 bits per heavy atom. The number of hydrazine groups is 1. The van der Waals surface area contributed by atoms with Gasteiger partial charge >= 0.3 is 0 Å². The summed E-state index contributed by atoms with van der Waals surface area (Å²) in [6, 6.07) is 6.27. The molecule has 1 aromatic rings. The average molecular weight is 318 g/mol. The number of amides is 1. The predicted molar refractivity (Wildman–Crippen MR) is 84.0 cm³/mol. The Morgan fingerprint density at radius 3 is 3.09 bits per heavy atom. The van der Waals surface area contributed by atoms with Gasteiger partial charge in [-0.15, -0.1) is 0 Å². The molecular formula is C16H22N4O3. The summed E-state index contributed by atoms with van der Waals surface area (Å²) >= 11 is 0. The van der Waals surface area contributed by atoms with Crippen LogP contribution in [0.4, 0.5) is 0 Å². The van der Waals surface area contributed by atoms with E-state index in [4.69, 9.17) is 9.47 Å². The predicted octanol–water partition coefficient (Wildman–Crippen LogP) is 0.191. The van der Waals surface area contributed by atoms with Crippen molar-refractivity contribution in [3.05, 3.63) is 23.8 Å². The van der Waals surface area contributed by atoms with Crippen molar-refractivity contribution in [2.45, 2.75) is 37.4 Å². The van der Waals surface area contributed by atoms with Crippen molar-refractivity contribution in [2.75, 3.05) is 19.9 Å². The lowest BCUT2D eigenvalue weighted by molar-refractivity contribution is -0.122. The highest BCUT2D eigenvalue weighted by atomic mass is 16.7. The van der Waals surface area contributed by atoms with Crippen LogP contribution in [-0.2, 0) is 4.79 Å². The Morgan fingerprint density at radius 1 is 1.30 bits per heavy atom. The summed E-state index contributed by atoms with van der Waals surface area (Å²) < 4.78 is 10.8. The molecule has 0 saturated carbocycles. The van der Waals surface area contributed by atoms with Gasteiger partial charge in [-0.05, 0) is 37.1 Å². The minimum absolute atomic E-state index is 0.0799. The Hall–Kier alpha value is -1.83. The van der Waals surface area contributed by atoms with Gasteiger partial charge < -0.3 is 20.1 Å². The summed E-state index contributed by atoms with van der Waals surface area (Å²) in [5, 5.41) is 6.45. The highest BCUT2D eigenvalue weighted by molar-refractivity contribution is 5.77. The minimum atomic E-state index is -0.121. The number of hydrogen-bond acceptors (Lipinski definition) is 6. The van der Waals surface area contributed by atoms with E-state index in [1.54, 1.807) is 0 Å². The van der Waals surface area contributed by atoms with Gasteiger partial charge in [0.25, 0.3) is 0 Å². The summed E-state index contributed by atoms with van der Waals surface area (Å²) in [5.41, 5.74) is 7.41. The lowest BCUT2D eigenvalue weighted by atomic mass is 9.96. The quantitative estimate of drug-likeness (QED) is 0.634. The molecule has 2 fully saturated rings. The van der Waals surface area contributed by atoms with Crippen molar-refractivity contribution >= 4 is 5.91 Å². The fourth-order valence-corrected chi connectivity index (χ4v) is 3.48. The third kappa shape index (κ3) is 3.12. The SMILES string of the molecule is O=C(CC1CCCN1)NC1NNCC1c1ccc2c(c1)OCO2. The molecule has 23 heavy (non-hydrogen) atoms. The zero-order valence-electron chi connectivity index (χ0n) is 12.9. The van der Waals surface area contributed by atoms with Crippen molar-refractivity contribution in [3.63, 3.8) is 0 Å². The minimum Gasteiger partial charge on any atom is -0.454 e. The van der Waals surface area contributed by atoms with Crippen molar-refractivity contribution < 1.29 is 14.3 Å². The smallest absolute Gasteiger partial charge is 0.231 e. The van der Waals surface area contributed by atoms with E-state index in [2.05, 4.69) is 21.5 Å². The van der Waals surface area contributed by atoms with Crippen molar-refractivity contribution in [2.24, 2.45) is 0 Å². The Bertz CT molecular complexity index is 589. The molecule has 3 aliphatic rings. The normalized spacial score (nSPS) is 29.0. The largest absolute Gasteiger partial charge is 0.454 e. The van der Waals surface area contributed by atoms with Gasteiger partial charge in [-0.1, -0.05) is 6.07 Å². The second-order valence-electron chi connectivity index (χ2n) is 6.29. The monoisotopic (exact) mass is 318 g/mol. The van der Waals surface area contributed by atoms with Crippen LogP contribution < -0.4 is 31.0 Å². The lowest BCUT2D eigenvalue weighted by Crippen LogP contribution is -2.47. The first-order valence-electron chi connectivity index (χ1n) is 8.20. The number of carbonyl (C=O) groups is 1. The summed E-state index contributed by atoms with van der Waals surface area (Å²) in [7, 11) is 0. The van der Waals surface area contributed by atoms with Gasteiger partial charge in [-0.25, -0.2) is 5.43 Å². The number of benzene rings is 1. The Labute approximate surface area is 135 Å².